The lowest BCUT2D eigenvalue weighted by molar-refractivity contribution is 0.208. The smallest absolute Gasteiger partial charge is 0.165 e. The third kappa shape index (κ3) is 4.49. The van der Waals surface area contributed by atoms with Crippen LogP contribution in [0.25, 0.3) is 0 Å². The summed E-state index contributed by atoms with van der Waals surface area (Å²) in [7, 11) is 0. The summed E-state index contributed by atoms with van der Waals surface area (Å²) in [4.78, 5) is 0. The van der Waals surface area contributed by atoms with Crippen molar-refractivity contribution in [3.63, 3.8) is 0 Å². The van der Waals surface area contributed by atoms with Crippen molar-refractivity contribution in [2.45, 2.75) is 26.4 Å². The highest BCUT2D eigenvalue weighted by Crippen LogP contribution is 2.23. The van der Waals surface area contributed by atoms with Gasteiger partial charge in [-0.05, 0) is 38.1 Å². The summed E-state index contributed by atoms with van der Waals surface area (Å²) in [6.07, 6.45) is 1.04. The number of halogens is 2. The number of hydrogen-bond acceptors (Lipinski definition) is 2. The minimum atomic E-state index is -0.328. The van der Waals surface area contributed by atoms with Crippen LogP contribution in [0.5, 0.6) is 5.75 Å². The number of hydrogen-bond donors (Lipinski definition) is 1. The van der Waals surface area contributed by atoms with Gasteiger partial charge in [0, 0.05) is 11.0 Å². The van der Waals surface area contributed by atoms with Gasteiger partial charge < -0.3 is 10.1 Å². The van der Waals surface area contributed by atoms with Crippen molar-refractivity contribution < 1.29 is 9.13 Å². The second-order valence-corrected chi connectivity index (χ2v) is 4.62. The fraction of sp³-hybridized carbons (Fsp3) is 0.500. The van der Waals surface area contributed by atoms with Crippen molar-refractivity contribution in [3.8, 4) is 5.75 Å². The summed E-state index contributed by atoms with van der Waals surface area (Å²) in [5.74, 6) is -0.0364. The molecule has 0 amide bonds. The van der Waals surface area contributed by atoms with E-state index in [1.54, 1.807) is 12.1 Å². The Labute approximate surface area is 104 Å². The van der Waals surface area contributed by atoms with Crippen LogP contribution in [0.15, 0.2) is 22.7 Å². The van der Waals surface area contributed by atoms with E-state index in [9.17, 15) is 4.39 Å². The molecule has 1 N–H and O–H groups in total. The van der Waals surface area contributed by atoms with E-state index in [-0.39, 0.29) is 11.9 Å². The Bertz CT molecular complexity index is 333. The summed E-state index contributed by atoms with van der Waals surface area (Å²) in [5, 5.41) is 3.23. The molecule has 4 heteroatoms. The van der Waals surface area contributed by atoms with Gasteiger partial charge in [-0.3, -0.25) is 0 Å². The molecule has 0 heterocycles. The third-order valence-electron chi connectivity index (χ3n) is 2.08. The van der Waals surface area contributed by atoms with E-state index in [1.807, 2.05) is 6.92 Å². The fourth-order valence-corrected chi connectivity index (χ4v) is 1.65. The van der Waals surface area contributed by atoms with Crippen molar-refractivity contribution >= 4 is 15.9 Å². The molecular formula is C12H17BrFNO. The van der Waals surface area contributed by atoms with Gasteiger partial charge in [-0.2, -0.15) is 0 Å². The number of benzene rings is 1. The summed E-state index contributed by atoms with van der Waals surface area (Å²) in [6, 6.07) is 4.69. The maximum Gasteiger partial charge on any atom is 0.165 e. The van der Waals surface area contributed by atoms with Crippen LogP contribution in [0, 0.1) is 5.82 Å². The van der Waals surface area contributed by atoms with E-state index in [2.05, 4.69) is 28.2 Å². The average molecular weight is 290 g/mol. The van der Waals surface area contributed by atoms with Gasteiger partial charge in [0.1, 0.15) is 6.10 Å². The molecular weight excluding hydrogens is 273 g/mol. The molecule has 0 fully saturated rings. The zero-order chi connectivity index (χ0) is 12.0. The maximum atomic E-state index is 13.4. The lowest BCUT2D eigenvalue weighted by atomic mass is 10.3. The monoisotopic (exact) mass is 289 g/mol. The number of nitrogens with one attached hydrogen (secondary N) is 1. The molecule has 0 spiro atoms. The number of rotatable bonds is 6. The normalized spacial score (nSPS) is 12.5. The first-order valence-electron chi connectivity index (χ1n) is 5.46. The molecule has 0 aliphatic rings. The van der Waals surface area contributed by atoms with E-state index < -0.39 is 0 Å². The zero-order valence-corrected chi connectivity index (χ0v) is 11.2. The van der Waals surface area contributed by atoms with E-state index >= 15 is 0 Å². The first-order valence-corrected chi connectivity index (χ1v) is 6.25. The maximum absolute atomic E-state index is 13.4. The molecule has 2 nitrogen and oxygen atoms in total. The predicted molar refractivity (Wildman–Crippen MR) is 67.4 cm³/mol. The van der Waals surface area contributed by atoms with Crippen molar-refractivity contribution in [2.24, 2.45) is 0 Å². The van der Waals surface area contributed by atoms with Gasteiger partial charge in [0.2, 0.25) is 0 Å². The van der Waals surface area contributed by atoms with E-state index in [0.29, 0.717) is 5.75 Å². The molecule has 0 aliphatic carbocycles. The highest BCUT2D eigenvalue weighted by Gasteiger charge is 2.08. The minimum Gasteiger partial charge on any atom is -0.486 e. The Morgan fingerprint density at radius 1 is 1.50 bits per heavy atom. The lowest BCUT2D eigenvalue weighted by Crippen LogP contribution is -2.29. The van der Waals surface area contributed by atoms with Crippen LogP contribution < -0.4 is 10.1 Å². The molecule has 0 aliphatic heterocycles. The van der Waals surface area contributed by atoms with Gasteiger partial charge in [-0.1, -0.05) is 22.9 Å². The van der Waals surface area contributed by atoms with E-state index in [0.717, 1.165) is 24.0 Å². The number of ether oxygens (including phenoxy) is 1. The Morgan fingerprint density at radius 3 is 2.94 bits per heavy atom. The molecule has 16 heavy (non-hydrogen) atoms. The minimum absolute atomic E-state index is 0.0460. The second-order valence-electron chi connectivity index (χ2n) is 3.71. The molecule has 1 aromatic rings. The van der Waals surface area contributed by atoms with Gasteiger partial charge >= 0.3 is 0 Å². The molecule has 0 bridgehead atoms. The van der Waals surface area contributed by atoms with E-state index in [1.165, 1.54) is 6.07 Å². The van der Waals surface area contributed by atoms with Crippen LogP contribution in [-0.2, 0) is 0 Å². The Kier molecular flexibility index (Phi) is 5.77. The van der Waals surface area contributed by atoms with Crippen LogP contribution in [0.1, 0.15) is 20.3 Å². The molecule has 90 valence electrons. The van der Waals surface area contributed by atoms with Gasteiger partial charge in [-0.25, -0.2) is 4.39 Å². The van der Waals surface area contributed by atoms with Gasteiger partial charge in [0.15, 0.2) is 11.6 Å². The topological polar surface area (TPSA) is 21.3 Å². The SMILES string of the molecule is CCCNCC(C)Oc1cc(Br)ccc1F. The predicted octanol–water partition coefficient (Wildman–Crippen LogP) is 3.36. The summed E-state index contributed by atoms with van der Waals surface area (Å²) < 4.78 is 19.7. The van der Waals surface area contributed by atoms with Gasteiger partial charge in [0.25, 0.3) is 0 Å². The van der Waals surface area contributed by atoms with Gasteiger partial charge in [0.05, 0.1) is 0 Å². The molecule has 1 aromatic carbocycles. The Morgan fingerprint density at radius 2 is 2.25 bits per heavy atom. The highest BCUT2D eigenvalue weighted by atomic mass is 79.9. The quantitative estimate of drug-likeness (QED) is 0.811. The third-order valence-corrected chi connectivity index (χ3v) is 2.57. The lowest BCUT2D eigenvalue weighted by Gasteiger charge is -2.15. The van der Waals surface area contributed by atoms with Crippen LogP contribution in [-0.4, -0.2) is 19.2 Å². The largest absolute Gasteiger partial charge is 0.486 e. The summed E-state index contributed by atoms with van der Waals surface area (Å²) in [6.45, 7) is 5.70. The second kappa shape index (κ2) is 6.86. The van der Waals surface area contributed by atoms with Crippen LogP contribution in [0.2, 0.25) is 0 Å². The first-order chi connectivity index (χ1) is 7.63. The van der Waals surface area contributed by atoms with Crippen LogP contribution in [0.3, 0.4) is 0 Å². The zero-order valence-electron chi connectivity index (χ0n) is 9.59. The van der Waals surface area contributed by atoms with Crippen LogP contribution in [0.4, 0.5) is 4.39 Å². The fourth-order valence-electron chi connectivity index (χ4n) is 1.31. The molecule has 1 atom stereocenters. The van der Waals surface area contributed by atoms with Gasteiger partial charge in [-0.15, -0.1) is 0 Å². The summed E-state index contributed by atoms with van der Waals surface area (Å²) in [5.41, 5.74) is 0. The van der Waals surface area contributed by atoms with Crippen LogP contribution >= 0.6 is 15.9 Å². The molecule has 0 aromatic heterocycles. The Hall–Kier alpha value is -0.610. The van der Waals surface area contributed by atoms with Crippen molar-refractivity contribution in [3.05, 3.63) is 28.5 Å². The highest BCUT2D eigenvalue weighted by molar-refractivity contribution is 9.10. The molecule has 0 saturated heterocycles. The van der Waals surface area contributed by atoms with Crippen molar-refractivity contribution in [1.82, 2.24) is 5.32 Å². The molecule has 1 rings (SSSR count). The molecule has 0 saturated carbocycles. The summed E-state index contributed by atoms with van der Waals surface area (Å²) >= 11 is 3.29. The average Bonchev–Trinajstić information content (AvgIpc) is 2.24. The van der Waals surface area contributed by atoms with Crippen molar-refractivity contribution in [2.75, 3.05) is 13.1 Å². The van der Waals surface area contributed by atoms with Crippen molar-refractivity contribution in [1.29, 1.82) is 0 Å². The Balaban J connectivity index is 2.48. The van der Waals surface area contributed by atoms with E-state index in [4.69, 9.17) is 4.74 Å². The molecule has 1 unspecified atom stereocenters. The molecule has 0 radical (unpaired) electrons. The first kappa shape index (κ1) is 13.5. The standard InChI is InChI=1S/C12H17BrFNO/c1-3-6-15-8-9(2)16-12-7-10(13)4-5-11(12)14/h4-5,7,9,15H,3,6,8H2,1-2H3.